The van der Waals surface area contributed by atoms with Crippen LogP contribution in [0.4, 0.5) is 10.2 Å². The van der Waals surface area contributed by atoms with Crippen LogP contribution in [0.2, 0.25) is 0 Å². The minimum absolute atomic E-state index is 0.268. The predicted molar refractivity (Wildman–Crippen MR) is 128 cm³/mol. The lowest BCUT2D eigenvalue weighted by atomic mass is 10.0. The summed E-state index contributed by atoms with van der Waals surface area (Å²) in [4.78, 5) is 8.65. The van der Waals surface area contributed by atoms with Gasteiger partial charge in [-0.1, -0.05) is 24.3 Å². The first-order valence-electron chi connectivity index (χ1n) is 11.1. The smallest absolute Gasteiger partial charge is 0.141 e. The highest BCUT2D eigenvalue weighted by molar-refractivity contribution is 7.82. The van der Waals surface area contributed by atoms with Gasteiger partial charge in [-0.25, -0.2) is 17.9 Å². The molecule has 174 valence electrons. The minimum Gasteiger partial charge on any atom is -0.392 e. The van der Waals surface area contributed by atoms with Gasteiger partial charge >= 0.3 is 0 Å². The molecule has 0 bridgehead atoms. The number of benzene rings is 2. The molecule has 7 nitrogen and oxygen atoms in total. The van der Waals surface area contributed by atoms with Crippen LogP contribution in [0.1, 0.15) is 19.3 Å². The molecule has 3 heterocycles. The lowest BCUT2D eigenvalue weighted by Gasteiger charge is -2.17. The maximum absolute atomic E-state index is 14.8. The molecule has 2 fully saturated rings. The van der Waals surface area contributed by atoms with E-state index in [0.29, 0.717) is 46.8 Å². The quantitative estimate of drug-likeness (QED) is 0.543. The van der Waals surface area contributed by atoms with E-state index in [9.17, 15) is 13.7 Å². The summed E-state index contributed by atoms with van der Waals surface area (Å²) in [6.07, 6.45) is 5.72. The highest BCUT2D eigenvalue weighted by Gasteiger charge is 2.27. The molecule has 2 saturated heterocycles. The average Bonchev–Trinajstić information content (AvgIpc) is 3.55. The SMILES string of the molecule is C1CCNC1.Nc1cnc(-c2ccc(-c3ccccc3S(=O)N3CCC(O)C3)cc2F)cn1. The summed E-state index contributed by atoms with van der Waals surface area (Å²) in [5.41, 5.74) is 7.55. The van der Waals surface area contributed by atoms with Gasteiger partial charge in [0.1, 0.15) is 22.6 Å². The number of β-amino-alcohol motifs (C(OH)–C–C–N with tert-alkyl or cyclic N) is 1. The molecule has 0 radical (unpaired) electrons. The van der Waals surface area contributed by atoms with Gasteiger partial charge in [0.2, 0.25) is 0 Å². The van der Waals surface area contributed by atoms with Crippen LogP contribution in [0.25, 0.3) is 22.4 Å². The maximum Gasteiger partial charge on any atom is 0.141 e. The van der Waals surface area contributed by atoms with Crippen molar-refractivity contribution < 1.29 is 13.7 Å². The molecule has 0 amide bonds. The highest BCUT2D eigenvalue weighted by Crippen LogP contribution is 2.31. The van der Waals surface area contributed by atoms with E-state index in [1.807, 2.05) is 12.1 Å². The fraction of sp³-hybridized carbons (Fsp3) is 0.333. The first kappa shape index (κ1) is 23.4. The number of aromatic nitrogens is 2. The van der Waals surface area contributed by atoms with Gasteiger partial charge in [0, 0.05) is 18.7 Å². The number of hydrogen-bond acceptors (Lipinski definition) is 6. The highest BCUT2D eigenvalue weighted by atomic mass is 32.2. The van der Waals surface area contributed by atoms with Crippen LogP contribution in [0.5, 0.6) is 0 Å². The number of nitrogen functional groups attached to an aromatic ring is 1. The van der Waals surface area contributed by atoms with E-state index in [-0.39, 0.29) is 5.82 Å². The molecule has 2 unspecified atom stereocenters. The van der Waals surface area contributed by atoms with E-state index in [0.717, 1.165) is 0 Å². The van der Waals surface area contributed by atoms with Gasteiger partial charge in [0.25, 0.3) is 0 Å². The molecule has 2 atom stereocenters. The lowest BCUT2D eigenvalue weighted by molar-refractivity contribution is 0.190. The van der Waals surface area contributed by atoms with Gasteiger partial charge < -0.3 is 16.2 Å². The summed E-state index contributed by atoms with van der Waals surface area (Å²) in [6, 6.07) is 12.0. The fourth-order valence-electron chi connectivity index (χ4n) is 3.85. The molecule has 4 N–H and O–H groups in total. The molecule has 0 spiro atoms. The van der Waals surface area contributed by atoms with Crippen LogP contribution in [0, 0.1) is 5.82 Å². The molecule has 2 aliphatic rings. The Morgan fingerprint density at radius 2 is 1.88 bits per heavy atom. The van der Waals surface area contributed by atoms with Crippen molar-refractivity contribution in [3.05, 3.63) is 60.7 Å². The second-order valence-electron chi connectivity index (χ2n) is 8.05. The van der Waals surface area contributed by atoms with Crippen molar-refractivity contribution in [3.63, 3.8) is 0 Å². The zero-order chi connectivity index (χ0) is 23.2. The van der Waals surface area contributed by atoms with E-state index in [4.69, 9.17) is 5.73 Å². The Hall–Kier alpha value is -2.72. The summed E-state index contributed by atoms with van der Waals surface area (Å²) < 4.78 is 29.5. The lowest BCUT2D eigenvalue weighted by Crippen LogP contribution is -2.25. The second kappa shape index (κ2) is 10.9. The average molecular weight is 470 g/mol. The molecule has 9 heteroatoms. The molecule has 0 saturated carbocycles. The molecular weight excluding hydrogens is 441 g/mol. The molecular formula is C24H28FN5O2S. The van der Waals surface area contributed by atoms with Gasteiger partial charge in [-0.15, -0.1) is 0 Å². The Morgan fingerprint density at radius 1 is 1.09 bits per heavy atom. The van der Waals surface area contributed by atoms with Crippen molar-refractivity contribution in [2.45, 2.75) is 30.3 Å². The topological polar surface area (TPSA) is 104 Å². The number of halogens is 1. The van der Waals surface area contributed by atoms with E-state index in [1.54, 1.807) is 28.6 Å². The van der Waals surface area contributed by atoms with Crippen molar-refractivity contribution in [1.82, 2.24) is 19.6 Å². The van der Waals surface area contributed by atoms with Crippen molar-refractivity contribution in [2.24, 2.45) is 0 Å². The number of aliphatic hydroxyl groups excluding tert-OH is 1. The van der Waals surface area contributed by atoms with E-state index in [2.05, 4.69) is 15.3 Å². The summed E-state index contributed by atoms with van der Waals surface area (Å²) in [7, 11) is -1.43. The molecule has 33 heavy (non-hydrogen) atoms. The first-order chi connectivity index (χ1) is 16.0. The summed E-state index contributed by atoms with van der Waals surface area (Å²) >= 11 is 0. The molecule has 3 aromatic rings. The number of nitrogens with two attached hydrogens (primary N) is 1. The van der Waals surface area contributed by atoms with Gasteiger partial charge in [-0.2, -0.15) is 0 Å². The maximum atomic E-state index is 14.8. The molecule has 2 aromatic carbocycles. The summed E-state index contributed by atoms with van der Waals surface area (Å²) in [6.45, 7) is 3.43. The van der Waals surface area contributed by atoms with Crippen LogP contribution >= 0.6 is 0 Å². The second-order valence-corrected chi connectivity index (χ2v) is 9.51. The minimum atomic E-state index is -1.43. The number of anilines is 1. The van der Waals surface area contributed by atoms with Gasteiger partial charge in [0.05, 0.1) is 29.1 Å². The van der Waals surface area contributed by atoms with Crippen LogP contribution < -0.4 is 11.1 Å². The van der Waals surface area contributed by atoms with E-state index >= 15 is 0 Å². The van der Waals surface area contributed by atoms with Crippen LogP contribution in [-0.4, -0.2) is 55.9 Å². The van der Waals surface area contributed by atoms with Crippen molar-refractivity contribution >= 4 is 16.8 Å². The van der Waals surface area contributed by atoms with E-state index in [1.165, 1.54) is 44.4 Å². The Bertz CT molecular complexity index is 1100. The Kier molecular flexibility index (Phi) is 7.77. The predicted octanol–water partition coefficient (Wildman–Crippen LogP) is 2.99. The van der Waals surface area contributed by atoms with Gasteiger partial charge in [0.15, 0.2) is 0 Å². The van der Waals surface area contributed by atoms with Crippen LogP contribution in [0.3, 0.4) is 0 Å². The molecule has 0 aliphatic carbocycles. The van der Waals surface area contributed by atoms with Gasteiger partial charge in [-0.05, 0) is 61.7 Å². The Balaban J connectivity index is 0.000000459. The van der Waals surface area contributed by atoms with Gasteiger partial charge in [-0.3, -0.25) is 4.98 Å². The normalized spacial score (nSPS) is 19.2. The Labute approximate surface area is 195 Å². The fourth-order valence-corrected chi connectivity index (χ4v) is 5.28. The standard InChI is InChI=1S/C20H19FN4O2S.C4H9N/c21-17-9-13(5-6-16(17)18-10-24-20(22)11-23-18)15-3-1-2-4-19(15)28(27)25-8-7-14(26)12-25;1-2-4-5-3-1/h1-6,9-11,14,26H,7-8,12H2,(H2,22,24);5H,1-4H2. The third kappa shape index (κ3) is 5.80. The first-order valence-corrected chi connectivity index (χ1v) is 12.2. The number of nitrogens with one attached hydrogen (secondary N) is 1. The number of nitrogens with zero attached hydrogens (tertiary/aromatic N) is 3. The third-order valence-corrected chi connectivity index (χ3v) is 7.15. The van der Waals surface area contributed by atoms with Crippen molar-refractivity contribution in [1.29, 1.82) is 0 Å². The van der Waals surface area contributed by atoms with Crippen LogP contribution in [0.15, 0.2) is 59.8 Å². The number of hydrogen-bond donors (Lipinski definition) is 3. The van der Waals surface area contributed by atoms with Crippen molar-refractivity contribution in [3.8, 4) is 22.4 Å². The Morgan fingerprint density at radius 3 is 2.48 bits per heavy atom. The molecule has 1 aromatic heterocycles. The number of aliphatic hydroxyl groups is 1. The van der Waals surface area contributed by atoms with Crippen molar-refractivity contribution in [2.75, 3.05) is 31.9 Å². The number of rotatable bonds is 4. The monoisotopic (exact) mass is 469 g/mol. The van der Waals surface area contributed by atoms with E-state index < -0.39 is 22.9 Å². The molecule has 2 aliphatic heterocycles. The summed E-state index contributed by atoms with van der Waals surface area (Å²) in [5.74, 6) is -0.182. The zero-order valence-corrected chi connectivity index (χ0v) is 19.1. The zero-order valence-electron chi connectivity index (χ0n) is 18.3. The largest absolute Gasteiger partial charge is 0.392 e. The third-order valence-electron chi connectivity index (χ3n) is 5.62. The van der Waals surface area contributed by atoms with Crippen LogP contribution in [-0.2, 0) is 11.0 Å². The molecule has 5 rings (SSSR count). The summed E-state index contributed by atoms with van der Waals surface area (Å²) in [5, 5.41) is 13.0.